The molecule has 0 aliphatic rings. The predicted octanol–water partition coefficient (Wildman–Crippen LogP) is 1.33. The number of hydrogen-bond acceptors (Lipinski definition) is 6. The second kappa shape index (κ2) is 5.90. The largest absolute Gasteiger partial charge is 0.506 e. The third-order valence-corrected chi connectivity index (χ3v) is 3.33. The first-order chi connectivity index (χ1) is 8.72. The summed E-state index contributed by atoms with van der Waals surface area (Å²) in [6, 6.07) is 0. The molecule has 0 fully saturated rings. The molecule has 2 aromatic rings. The Balaban J connectivity index is 2.06. The van der Waals surface area contributed by atoms with Crippen LogP contribution in [-0.2, 0) is 19.7 Å². The molecule has 2 heterocycles. The predicted molar refractivity (Wildman–Crippen MR) is 69.2 cm³/mol. The Morgan fingerprint density at radius 1 is 1.33 bits per heavy atom. The molecule has 0 aromatic carbocycles. The van der Waals surface area contributed by atoms with E-state index in [1.807, 2.05) is 5.38 Å². The molecule has 2 rings (SSSR count). The summed E-state index contributed by atoms with van der Waals surface area (Å²) in [6.07, 6.45) is 1.59. The van der Waals surface area contributed by atoms with Crippen LogP contribution in [0.25, 0.3) is 0 Å². The molecule has 3 N–H and O–H groups in total. The van der Waals surface area contributed by atoms with E-state index < -0.39 is 0 Å². The molecular weight excluding hydrogens is 250 g/mol. The quantitative estimate of drug-likeness (QED) is 0.760. The minimum atomic E-state index is -0.130. The SMILES string of the molecule is Cc1ncc(CO)c(CNCc2cscn2)c1O. The molecule has 2 aromatic heterocycles. The van der Waals surface area contributed by atoms with E-state index in [1.165, 1.54) is 0 Å². The van der Waals surface area contributed by atoms with Crippen molar-refractivity contribution in [1.29, 1.82) is 0 Å². The Labute approximate surface area is 109 Å². The number of aliphatic hydroxyl groups is 1. The van der Waals surface area contributed by atoms with Gasteiger partial charge in [0.25, 0.3) is 0 Å². The van der Waals surface area contributed by atoms with Crippen LogP contribution in [0.15, 0.2) is 17.1 Å². The number of rotatable bonds is 5. The normalized spacial score (nSPS) is 10.8. The molecule has 18 heavy (non-hydrogen) atoms. The van der Waals surface area contributed by atoms with Crippen LogP contribution >= 0.6 is 11.3 Å². The van der Waals surface area contributed by atoms with Crippen molar-refractivity contribution in [3.8, 4) is 5.75 Å². The van der Waals surface area contributed by atoms with Crippen LogP contribution in [0, 0.1) is 6.92 Å². The Morgan fingerprint density at radius 2 is 2.17 bits per heavy atom. The maximum atomic E-state index is 9.94. The molecule has 0 bridgehead atoms. The van der Waals surface area contributed by atoms with Gasteiger partial charge in [0.2, 0.25) is 0 Å². The standard InChI is InChI=1S/C12H15N3O2S/c1-8-12(17)11(9(5-16)2-14-8)4-13-3-10-6-18-7-15-10/h2,6-7,13,16-17H,3-5H2,1H3. The molecule has 0 saturated carbocycles. The molecule has 0 unspecified atom stereocenters. The average molecular weight is 265 g/mol. The number of aryl methyl sites for hydroxylation is 1. The van der Waals surface area contributed by atoms with Crippen molar-refractivity contribution in [3.05, 3.63) is 39.6 Å². The van der Waals surface area contributed by atoms with E-state index in [0.717, 1.165) is 5.69 Å². The van der Waals surface area contributed by atoms with Crippen molar-refractivity contribution in [2.24, 2.45) is 0 Å². The van der Waals surface area contributed by atoms with Gasteiger partial charge in [-0.25, -0.2) is 4.98 Å². The fraction of sp³-hybridized carbons (Fsp3) is 0.333. The smallest absolute Gasteiger partial charge is 0.141 e. The number of pyridine rings is 1. The monoisotopic (exact) mass is 265 g/mol. The fourth-order valence-electron chi connectivity index (χ4n) is 1.66. The first-order valence-electron chi connectivity index (χ1n) is 5.57. The Morgan fingerprint density at radius 3 is 2.83 bits per heavy atom. The van der Waals surface area contributed by atoms with Gasteiger partial charge in [-0.1, -0.05) is 0 Å². The number of nitrogens with one attached hydrogen (secondary N) is 1. The number of aliphatic hydroxyl groups excluding tert-OH is 1. The average Bonchev–Trinajstić information content (AvgIpc) is 2.88. The van der Waals surface area contributed by atoms with Crippen LogP contribution in [0.1, 0.15) is 22.5 Å². The number of thiazole rings is 1. The maximum absolute atomic E-state index is 9.94. The maximum Gasteiger partial charge on any atom is 0.141 e. The van der Waals surface area contributed by atoms with Crippen molar-refractivity contribution < 1.29 is 10.2 Å². The third-order valence-electron chi connectivity index (χ3n) is 2.69. The van der Waals surface area contributed by atoms with E-state index in [2.05, 4.69) is 15.3 Å². The Bertz CT molecular complexity index is 514. The van der Waals surface area contributed by atoms with Gasteiger partial charge in [0.1, 0.15) is 5.75 Å². The molecule has 0 radical (unpaired) electrons. The van der Waals surface area contributed by atoms with Gasteiger partial charge in [-0.2, -0.15) is 0 Å². The summed E-state index contributed by atoms with van der Waals surface area (Å²) in [4.78, 5) is 8.18. The zero-order valence-corrected chi connectivity index (χ0v) is 10.9. The summed E-state index contributed by atoms with van der Waals surface area (Å²) in [5, 5.41) is 24.3. The van der Waals surface area contributed by atoms with Gasteiger partial charge in [0, 0.05) is 35.8 Å². The highest BCUT2D eigenvalue weighted by Gasteiger charge is 2.10. The summed E-state index contributed by atoms with van der Waals surface area (Å²) in [6.45, 7) is 2.72. The second-order valence-corrected chi connectivity index (χ2v) is 4.66. The Kier molecular flexibility index (Phi) is 4.24. The lowest BCUT2D eigenvalue weighted by molar-refractivity contribution is 0.278. The van der Waals surface area contributed by atoms with Crippen molar-refractivity contribution in [3.63, 3.8) is 0 Å². The molecule has 0 aliphatic carbocycles. The van der Waals surface area contributed by atoms with Gasteiger partial charge in [-0.05, 0) is 6.92 Å². The van der Waals surface area contributed by atoms with Crippen molar-refractivity contribution >= 4 is 11.3 Å². The topological polar surface area (TPSA) is 78.3 Å². The molecule has 0 atom stereocenters. The van der Waals surface area contributed by atoms with Gasteiger partial charge < -0.3 is 15.5 Å². The zero-order chi connectivity index (χ0) is 13.0. The minimum Gasteiger partial charge on any atom is -0.506 e. The minimum absolute atomic E-state index is 0.130. The molecule has 96 valence electrons. The fourth-order valence-corrected chi connectivity index (χ4v) is 2.22. The van der Waals surface area contributed by atoms with E-state index in [0.29, 0.717) is 29.9 Å². The van der Waals surface area contributed by atoms with Crippen LogP contribution in [0.4, 0.5) is 0 Å². The van der Waals surface area contributed by atoms with Gasteiger partial charge in [0.15, 0.2) is 0 Å². The van der Waals surface area contributed by atoms with Gasteiger partial charge in [0.05, 0.1) is 23.5 Å². The highest BCUT2D eigenvalue weighted by Crippen LogP contribution is 2.23. The van der Waals surface area contributed by atoms with E-state index in [-0.39, 0.29) is 12.4 Å². The van der Waals surface area contributed by atoms with Crippen molar-refractivity contribution in [1.82, 2.24) is 15.3 Å². The molecule has 0 amide bonds. The van der Waals surface area contributed by atoms with E-state index in [4.69, 9.17) is 0 Å². The van der Waals surface area contributed by atoms with Crippen LogP contribution in [0.2, 0.25) is 0 Å². The first kappa shape index (κ1) is 12.9. The van der Waals surface area contributed by atoms with E-state index in [9.17, 15) is 10.2 Å². The number of aromatic hydroxyl groups is 1. The Hall–Kier alpha value is -1.50. The van der Waals surface area contributed by atoms with Crippen molar-refractivity contribution in [2.45, 2.75) is 26.6 Å². The summed E-state index contributed by atoms with van der Waals surface area (Å²) in [7, 11) is 0. The number of aromatic nitrogens is 2. The lowest BCUT2D eigenvalue weighted by Crippen LogP contribution is -2.15. The van der Waals surface area contributed by atoms with Crippen LogP contribution in [0.3, 0.4) is 0 Å². The third kappa shape index (κ3) is 2.84. The van der Waals surface area contributed by atoms with Crippen LogP contribution < -0.4 is 5.32 Å². The first-order valence-corrected chi connectivity index (χ1v) is 6.51. The van der Waals surface area contributed by atoms with E-state index in [1.54, 1.807) is 30.0 Å². The molecule has 5 nitrogen and oxygen atoms in total. The summed E-state index contributed by atoms with van der Waals surface area (Å²) < 4.78 is 0. The lowest BCUT2D eigenvalue weighted by Gasteiger charge is -2.11. The number of hydrogen-bond donors (Lipinski definition) is 3. The summed E-state index contributed by atoms with van der Waals surface area (Å²) in [5.41, 5.74) is 4.65. The molecule has 0 spiro atoms. The highest BCUT2D eigenvalue weighted by atomic mass is 32.1. The van der Waals surface area contributed by atoms with Gasteiger partial charge >= 0.3 is 0 Å². The highest BCUT2D eigenvalue weighted by molar-refractivity contribution is 7.07. The molecule has 0 saturated heterocycles. The zero-order valence-electron chi connectivity index (χ0n) is 10.1. The summed E-state index contributed by atoms with van der Waals surface area (Å²) in [5.74, 6) is 0.146. The molecule has 6 heteroatoms. The van der Waals surface area contributed by atoms with Gasteiger partial charge in [-0.3, -0.25) is 4.98 Å². The van der Waals surface area contributed by atoms with Crippen LogP contribution in [-0.4, -0.2) is 20.2 Å². The molecular formula is C12H15N3O2S. The van der Waals surface area contributed by atoms with Crippen LogP contribution in [0.5, 0.6) is 5.75 Å². The number of nitrogens with zero attached hydrogens (tertiary/aromatic N) is 2. The molecule has 0 aliphatic heterocycles. The lowest BCUT2D eigenvalue weighted by atomic mass is 10.1. The second-order valence-electron chi connectivity index (χ2n) is 3.94. The van der Waals surface area contributed by atoms with Gasteiger partial charge in [-0.15, -0.1) is 11.3 Å². The van der Waals surface area contributed by atoms with E-state index >= 15 is 0 Å². The van der Waals surface area contributed by atoms with Crippen molar-refractivity contribution in [2.75, 3.05) is 0 Å². The summed E-state index contributed by atoms with van der Waals surface area (Å²) >= 11 is 1.55.